The number of aromatic nitrogens is 4. The van der Waals surface area contributed by atoms with Gasteiger partial charge < -0.3 is 15.0 Å². The third-order valence-corrected chi connectivity index (χ3v) is 5.55. The number of pyridine rings is 1. The van der Waals surface area contributed by atoms with E-state index in [-0.39, 0.29) is 35.9 Å². The van der Waals surface area contributed by atoms with Crippen molar-refractivity contribution in [1.29, 1.82) is 0 Å². The van der Waals surface area contributed by atoms with Crippen molar-refractivity contribution < 1.29 is 13.9 Å². The zero-order chi connectivity index (χ0) is 22.1. The highest BCUT2D eigenvalue weighted by molar-refractivity contribution is 6.04. The van der Waals surface area contributed by atoms with Crippen molar-refractivity contribution in [1.82, 2.24) is 19.6 Å². The normalized spacial score (nSPS) is 15.3. The van der Waals surface area contributed by atoms with Gasteiger partial charge in [0.25, 0.3) is 5.91 Å². The molecule has 0 bridgehead atoms. The maximum atomic E-state index is 13.8. The SMILES string of the molecule is COc1cccc(C(=O)Nc2cnn3ccc(N4CCCC4c4cccc(F)c4)nc23)n1.Cl. The molecule has 1 saturated heterocycles. The molecule has 10 heteroatoms. The van der Waals surface area contributed by atoms with Gasteiger partial charge in [-0.05, 0) is 42.7 Å². The van der Waals surface area contributed by atoms with E-state index in [1.165, 1.54) is 13.2 Å². The van der Waals surface area contributed by atoms with Crippen LogP contribution in [0.2, 0.25) is 0 Å². The van der Waals surface area contributed by atoms with Gasteiger partial charge in [-0.25, -0.2) is 18.9 Å². The quantitative estimate of drug-likeness (QED) is 0.470. The minimum atomic E-state index is -0.384. The number of hydrogen-bond donors (Lipinski definition) is 1. The summed E-state index contributed by atoms with van der Waals surface area (Å²) in [5.41, 5.74) is 2.15. The van der Waals surface area contributed by atoms with Gasteiger partial charge in [-0.3, -0.25) is 4.79 Å². The van der Waals surface area contributed by atoms with Gasteiger partial charge in [0.15, 0.2) is 5.65 Å². The number of methoxy groups -OCH3 is 1. The number of nitrogens with zero attached hydrogens (tertiary/aromatic N) is 5. The Morgan fingerprint density at radius 1 is 1.18 bits per heavy atom. The minimum Gasteiger partial charge on any atom is -0.481 e. The maximum absolute atomic E-state index is 13.8. The highest BCUT2D eigenvalue weighted by Crippen LogP contribution is 2.35. The van der Waals surface area contributed by atoms with Gasteiger partial charge in [0.1, 0.15) is 23.0 Å². The summed E-state index contributed by atoms with van der Waals surface area (Å²) in [7, 11) is 1.50. The topological polar surface area (TPSA) is 84.6 Å². The molecule has 1 aliphatic heterocycles. The fourth-order valence-electron chi connectivity index (χ4n) is 4.05. The predicted molar refractivity (Wildman–Crippen MR) is 125 cm³/mol. The second kappa shape index (κ2) is 9.41. The Kier molecular flexibility index (Phi) is 6.41. The number of halogens is 2. The number of nitrogens with one attached hydrogen (secondary N) is 1. The summed E-state index contributed by atoms with van der Waals surface area (Å²) in [6.45, 7) is 0.813. The number of carbonyl (C=O) groups excluding carboxylic acids is 1. The predicted octanol–water partition coefficient (Wildman–Crippen LogP) is 4.29. The van der Waals surface area contributed by atoms with Crippen LogP contribution in [0.1, 0.15) is 34.9 Å². The van der Waals surface area contributed by atoms with Crippen LogP contribution in [-0.4, -0.2) is 39.1 Å². The lowest BCUT2D eigenvalue weighted by molar-refractivity contribution is 0.102. The molecule has 5 rings (SSSR count). The summed E-state index contributed by atoms with van der Waals surface area (Å²) < 4.78 is 20.5. The largest absolute Gasteiger partial charge is 0.481 e. The molecule has 1 amide bonds. The molecule has 0 aliphatic carbocycles. The lowest BCUT2D eigenvalue weighted by Crippen LogP contribution is -2.24. The van der Waals surface area contributed by atoms with E-state index >= 15 is 0 Å². The third kappa shape index (κ3) is 4.45. The summed E-state index contributed by atoms with van der Waals surface area (Å²) in [5.74, 6) is 0.477. The number of hydrogen-bond acceptors (Lipinski definition) is 6. The first-order chi connectivity index (χ1) is 15.6. The lowest BCUT2D eigenvalue weighted by Gasteiger charge is -2.26. The molecular formula is C23H22ClFN6O2. The Morgan fingerprint density at radius 2 is 2.03 bits per heavy atom. The summed E-state index contributed by atoms with van der Waals surface area (Å²) in [4.78, 5) is 23.8. The zero-order valence-electron chi connectivity index (χ0n) is 17.8. The van der Waals surface area contributed by atoms with Gasteiger partial charge in [0.2, 0.25) is 5.88 Å². The number of fused-ring (bicyclic) bond motifs is 1. The molecule has 0 spiro atoms. The van der Waals surface area contributed by atoms with Crippen LogP contribution in [0.4, 0.5) is 15.9 Å². The Balaban J connectivity index is 0.00000259. The number of carbonyl (C=O) groups is 1. The lowest BCUT2D eigenvalue weighted by atomic mass is 10.0. The van der Waals surface area contributed by atoms with E-state index in [0.717, 1.165) is 30.8 Å². The molecule has 1 atom stereocenters. The Hall–Kier alpha value is -3.72. The molecule has 3 aromatic heterocycles. The summed E-state index contributed by atoms with van der Waals surface area (Å²) in [6.07, 6.45) is 5.26. The van der Waals surface area contributed by atoms with E-state index in [4.69, 9.17) is 9.72 Å². The van der Waals surface area contributed by atoms with Gasteiger partial charge in [0.05, 0.1) is 19.3 Å². The molecule has 1 aliphatic rings. The molecule has 4 heterocycles. The van der Waals surface area contributed by atoms with Crippen molar-refractivity contribution in [2.45, 2.75) is 18.9 Å². The van der Waals surface area contributed by atoms with Crippen LogP contribution >= 0.6 is 12.4 Å². The van der Waals surface area contributed by atoms with Crippen LogP contribution in [-0.2, 0) is 0 Å². The maximum Gasteiger partial charge on any atom is 0.274 e. The number of benzene rings is 1. The smallest absolute Gasteiger partial charge is 0.274 e. The number of anilines is 2. The third-order valence-electron chi connectivity index (χ3n) is 5.55. The molecule has 1 unspecified atom stereocenters. The summed E-state index contributed by atoms with van der Waals surface area (Å²) >= 11 is 0. The van der Waals surface area contributed by atoms with Crippen molar-refractivity contribution in [2.75, 3.05) is 23.9 Å². The van der Waals surface area contributed by atoms with Gasteiger partial charge in [-0.2, -0.15) is 5.10 Å². The minimum absolute atomic E-state index is 0. The zero-order valence-corrected chi connectivity index (χ0v) is 18.6. The monoisotopic (exact) mass is 468 g/mol. The van der Waals surface area contributed by atoms with Gasteiger partial charge in [-0.15, -0.1) is 12.4 Å². The molecule has 1 fully saturated rings. The van der Waals surface area contributed by atoms with Crippen LogP contribution in [0, 0.1) is 5.82 Å². The van der Waals surface area contributed by atoms with E-state index in [1.807, 2.05) is 12.1 Å². The molecule has 170 valence electrons. The molecule has 0 radical (unpaired) electrons. The van der Waals surface area contributed by atoms with Crippen LogP contribution < -0.4 is 15.0 Å². The van der Waals surface area contributed by atoms with E-state index in [2.05, 4.69) is 20.3 Å². The summed E-state index contributed by atoms with van der Waals surface area (Å²) in [5, 5.41) is 7.11. The second-order valence-electron chi connectivity index (χ2n) is 7.54. The molecule has 1 N–H and O–H groups in total. The summed E-state index contributed by atoms with van der Waals surface area (Å²) in [6, 6.07) is 13.6. The fraction of sp³-hybridized carbons (Fsp3) is 0.217. The van der Waals surface area contributed by atoms with Crippen molar-refractivity contribution in [3.05, 3.63) is 78.0 Å². The highest BCUT2D eigenvalue weighted by Gasteiger charge is 2.28. The Morgan fingerprint density at radius 3 is 2.85 bits per heavy atom. The van der Waals surface area contributed by atoms with Crippen LogP contribution in [0.25, 0.3) is 5.65 Å². The molecule has 1 aromatic carbocycles. The average Bonchev–Trinajstić information content (AvgIpc) is 3.46. The first-order valence-corrected chi connectivity index (χ1v) is 10.3. The number of amides is 1. The first-order valence-electron chi connectivity index (χ1n) is 10.3. The van der Waals surface area contributed by atoms with E-state index in [1.54, 1.807) is 47.2 Å². The van der Waals surface area contributed by atoms with E-state index < -0.39 is 0 Å². The number of ether oxygens (including phenoxy) is 1. The Labute approximate surface area is 195 Å². The van der Waals surface area contributed by atoms with Crippen LogP contribution in [0.5, 0.6) is 5.88 Å². The molecule has 0 saturated carbocycles. The first kappa shape index (κ1) is 22.5. The molecule has 33 heavy (non-hydrogen) atoms. The van der Waals surface area contributed by atoms with E-state index in [9.17, 15) is 9.18 Å². The molecule has 8 nitrogen and oxygen atoms in total. The standard InChI is InChI=1S/C23H21FN6O2.ClH/c1-32-21-9-3-7-17(26-21)23(31)27-18-14-25-30-12-10-20(28-22(18)30)29-11-4-8-19(29)15-5-2-6-16(24)13-15;/h2-3,5-7,9-10,12-14,19H,4,8,11H2,1H3,(H,27,31);1H. The molecular weight excluding hydrogens is 447 g/mol. The van der Waals surface area contributed by atoms with Crippen molar-refractivity contribution in [2.24, 2.45) is 0 Å². The highest BCUT2D eigenvalue weighted by atomic mass is 35.5. The molecule has 4 aromatic rings. The number of rotatable bonds is 5. The van der Waals surface area contributed by atoms with Crippen molar-refractivity contribution in [3.63, 3.8) is 0 Å². The average molecular weight is 469 g/mol. The van der Waals surface area contributed by atoms with Crippen LogP contribution in [0.15, 0.2) is 60.9 Å². The Bertz CT molecular complexity index is 1300. The van der Waals surface area contributed by atoms with Gasteiger partial charge in [-0.1, -0.05) is 18.2 Å². The van der Waals surface area contributed by atoms with Gasteiger partial charge in [0, 0.05) is 18.8 Å². The van der Waals surface area contributed by atoms with Crippen LogP contribution in [0.3, 0.4) is 0 Å². The van der Waals surface area contributed by atoms with Gasteiger partial charge >= 0.3 is 0 Å². The van der Waals surface area contributed by atoms with Crippen molar-refractivity contribution >= 4 is 35.5 Å². The fourth-order valence-corrected chi connectivity index (χ4v) is 4.05. The van der Waals surface area contributed by atoms with E-state index in [0.29, 0.717) is 17.2 Å². The van der Waals surface area contributed by atoms with Crippen molar-refractivity contribution in [3.8, 4) is 5.88 Å². The second-order valence-corrected chi connectivity index (χ2v) is 7.54.